The van der Waals surface area contributed by atoms with Gasteiger partial charge in [0.1, 0.15) is 0 Å². The maximum Gasteiger partial charge on any atom is 0.231 e. The van der Waals surface area contributed by atoms with Gasteiger partial charge >= 0.3 is 0 Å². The summed E-state index contributed by atoms with van der Waals surface area (Å²) < 4.78 is 10.4. The molecule has 6 heteroatoms. The summed E-state index contributed by atoms with van der Waals surface area (Å²) in [4.78, 5) is 12.6. The third-order valence-corrected chi connectivity index (χ3v) is 4.44. The minimum atomic E-state index is -0.365. The molecule has 1 unspecified atom stereocenters. The van der Waals surface area contributed by atoms with Crippen LogP contribution in [0.2, 0.25) is 5.02 Å². The molecule has 1 aliphatic rings. The Morgan fingerprint density at radius 2 is 2.05 bits per heavy atom. The van der Waals surface area contributed by atoms with E-state index < -0.39 is 0 Å². The zero-order chi connectivity index (χ0) is 15.5. The van der Waals surface area contributed by atoms with Gasteiger partial charge in [-0.3, -0.25) is 4.79 Å². The Hall–Kier alpha value is -1.46. The van der Waals surface area contributed by atoms with E-state index in [0.29, 0.717) is 28.8 Å². The Kier molecular flexibility index (Phi) is 4.96. The van der Waals surface area contributed by atoms with Crippen LogP contribution < -0.4 is 20.1 Å². The van der Waals surface area contributed by atoms with E-state index in [2.05, 4.69) is 10.6 Å². The first kappa shape index (κ1) is 15.9. The summed E-state index contributed by atoms with van der Waals surface area (Å²) in [5.41, 5.74) is 0.176. The van der Waals surface area contributed by atoms with E-state index in [-0.39, 0.29) is 11.3 Å². The van der Waals surface area contributed by atoms with Gasteiger partial charge in [-0.05, 0) is 19.4 Å². The first-order valence-electron chi connectivity index (χ1n) is 7.00. The lowest BCUT2D eigenvalue weighted by Crippen LogP contribution is -2.37. The standard InChI is InChI=1S/C15H21ClN2O3/c1-4-15(5-6-17-9-15)14(19)18-11-8-13(21-3)12(20-2)7-10(11)16/h7-8,17H,4-6,9H2,1-3H3,(H,18,19). The summed E-state index contributed by atoms with van der Waals surface area (Å²) >= 11 is 6.21. The van der Waals surface area contributed by atoms with E-state index in [4.69, 9.17) is 21.1 Å². The van der Waals surface area contributed by atoms with Gasteiger partial charge in [-0.1, -0.05) is 18.5 Å². The highest BCUT2D eigenvalue weighted by atomic mass is 35.5. The van der Waals surface area contributed by atoms with Crippen LogP contribution in [0.1, 0.15) is 19.8 Å². The number of halogens is 1. The van der Waals surface area contributed by atoms with Crippen molar-refractivity contribution in [3.8, 4) is 11.5 Å². The lowest BCUT2D eigenvalue weighted by molar-refractivity contribution is -0.124. The van der Waals surface area contributed by atoms with Crippen LogP contribution in [0.4, 0.5) is 5.69 Å². The van der Waals surface area contributed by atoms with Gasteiger partial charge in [0, 0.05) is 18.7 Å². The molecule has 1 saturated heterocycles. The van der Waals surface area contributed by atoms with Crippen LogP contribution in [-0.2, 0) is 4.79 Å². The Labute approximate surface area is 130 Å². The van der Waals surface area contributed by atoms with Gasteiger partial charge in [-0.15, -0.1) is 0 Å². The highest BCUT2D eigenvalue weighted by Crippen LogP contribution is 2.38. The Balaban J connectivity index is 2.24. The number of hydrogen-bond donors (Lipinski definition) is 2. The maximum absolute atomic E-state index is 12.6. The minimum Gasteiger partial charge on any atom is -0.493 e. The third kappa shape index (κ3) is 3.09. The number of ether oxygens (including phenoxy) is 2. The number of benzene rings is 1. The summed E-state index contributed by atoms with van der Waals surface area (Å²) in [6, 6.07) is 3.33. The largest absolute Gasteiger partial charge is 0.493 e. The van der Waals surface area contributed by atoms with Gasteiger partial charge in [0.2, 0.25) is 5.91 Å². The fourth-order valence-corrected chi connectivity index (χ4v) is 2.81. The second-order valence-electron chi connectivity index (χ2n) is 5.20. The molecule has 0 saturated carbocycles. The van der Waals surface area contributed by atoms with E-state index in [1.807, 2.05) is 6.92 Å². The van der Waals surface area contributed by atoms with Crippen LogP contribution in [0, 0.1) is 5.41 Å². The zero-order valence-electron chi connectivity index (χ0n) is 12.6. The first-order chi connectivity index (χ1) is 10.1. The topological polar surface area (TPSA) is 59.6 Å². The molecule has 0 aromatic heterocycles. The Bertz CT molecular complexity index is 528. The van der Waals surface area contributed by atoms with Crippen LogP contribution in [0.15, 0.2) is 12.1 Å². The smallest absolute Gasteiger partial charge is 0.231 e. The second kappa shape index (κ2) is 6.54. The third-order valence-electron chi connectivity index (χ3n) is 4.12. The molecule has 21 heavy (non-hydrogen) atoms. The molecular weight excluding hydrogens is 292 g/mol. The summed E-state index contributed by atoms with van der Waals surface area (Å²) in [7, 11) is 3.09. The minimum absolute atomic E-state index is 0.0101. The fraction of sp³-hybridized carbons (Fsp3) is 0.533. The molecule has 1 fully saturated rings. The lowest BCUT2D eigenvalue weighted by Gasteiger charge is -2.25. The van der Waals surface area contributed by atoms with Gasteiger partial charge < -0.3 is 20.1 Å². The summed E-state index contributed by atoms with van der Waals surface area (Å²) in [6.07, 6.45) is 1.62. The highest BCUT2D eigenvalue weighted by molar-refractivity contribution is 6.34. The number of rotatable bonds is 5. The molecule has 0 radical (unpaired) electrons. The van der Waals surface area contributed by atoms with E-state index in [1.54, 1.807) is 26.4 Å². The van der Waals surface area contributed by atoms with Crippen molar-refractivity contribution in [2.24, 2.45) is 5.41 Å². The lowest BCUT2D eigenvalue weighted by atomic mass is 9.83. The zero-order valence-corrected chi connectivity index (χ0v) is 13.3. The predicted octanol–water partition coefficient (Wildman–Crippen LogP) is 2.69. The van der Waals surface area contributed by atoms with Crippen molar-refractivity contribution in [3.05, 3.63) is 17.2 Å². The van der Waals surface area contributed by atoms with Crippen molar-refractivity contribution < 1.29 is 14.3 Å². The summed E-state index contributed by atoms with van der Waals surface area (Å²) in [5.74, 6) is 1.06. The molecule has 0 bridgehead atoms. The molecule has 1 aromatic rings. The van der Waals surface area contributed by atoms with Crippen molar-refractivity contribution in [2.45, 2.75) is 19.8 Å². The SMILES string of the molecule is CCC1(C(=O)Nc2cc(OC)c(OC)cc2Cl)CCNC1. The molecule has 1 aliphatic heterocycles. The molecular formula is C15H21ClN2O3. The second-order valence-corrected chi connectivity index (χ2v) is 5.61. The van der Waals surface area contributed by atoms with Crippen molar-refractivity contribution >= 4 is 23.2 Å². The van der Waals surface area contributed by atoms with Crippen LogP contribution in [0.5, 0.6) is 11.5 Å². The molecule has 1 atom stereocenters. The van der Waals surface area contributed by atoms with Crippen molar-refractivity contribution in [1.82, 2.24) is 5.32 Å². The van der Waals surface area contributed by atoms with E-state index in [1.165, 1.54) is 0 Å². The predicted molar refractivity (Wildman–Crippen MR) is 83.4 cm³/mol. The number of hydrogen-bond acceptors (Lipinski definition) is 4. The van der Waals surface area contributed by atoms with Crippen molar-refractivity contribution in [1.29, 1.82) is 0 Å². The van der Waals surface area contributed by atoms with Gasteiger partial charge in [0.15, 0.2) is 11.5 Å². The fourth-order valence-electron chi connectivity index (χ4n) is 2.60. The molecule has 0 aliphatic carbocycles. The molecule has 116 valence electrons. The van der Waals surface area contributed by atoms with Crippen LogP contribution in [0.25, 0.3) is 0 Å². The summed E-state index contributed by atoms with van der Waals surface area (Å²) in [5, 5.41) is 6.60. The number of methoxy groups -OCH3 is 2. The van der Waals surface area contributed by atoms with Gasteiger partial charge in [0.25, 0.3) is 0 Å². The van der Waals surface area contributed by atoms with Crippen LogP contribution in [-0.4, -0.2) is 33.2 Å². The number of carbonyl (C=O) groups is 1. The molecule has 1 heterocycles. The normalized spacial score (nSPS) is 21.1. The number of amides is 1. The van der Waals surface area contributed by atoms with Crippen molar-refractivity contribution in [2.75, 3.05) is 32.6 Å². The van der Waals surface area contributed by atoms with Crippen molar-refractivity contribution in [3.63, 3.8) is 0 Å². The van der Waals surface area contributed by atoms with Gasteiger partial charge in [-0.2, -0.15) is 0 Å². The molecule has 0 spiro atoms. The quantitative estimate of drug-likeness (QED) is 0.877. The average Bonchev–Trinajstić information content (AvgIpc) is 2.99. The Morgan fingerprint density at radius 1 is 1.38 bits per heavy atom. The average molecular weight is 313 g/mol. The van der Waals surface area contributed by atoms with E-state index in [9.17, 15) is 4.79 Å². The molecule has 5 nitrogen and oxygen atoms in total. The van der Waals surface area contributed by atoms with E-state index >= 15 is 0 Å². The van der Waals surface area contributed by atoms with Crippen LogP contribution in [0.3, 0.4) is 0 Å². The number of anilines is 1. The van der Waals surface area contributed by atoms with Gasteiger partial charge in [-0.25, -0.2) is 0 Å². The van der Waals surface area contributed by atoms with Crippen LogP contribution >= 0.6 is 11.6 Å². The molecule has 1 aromatic carbocycles. The molecule has 2 rings (SSSR count). The maximum atomic E-state index is 12.6. The summed E-state index contributed by atoms with van der Waals surface area (Å²) in [6.45, 7) is 3.59. The van der Waals surface area contributed by atoms with Gasteiger partial charge in [0.05, 0.1) is 30.3 Å². The molecule has 1 amide bonds. The first-order valence-corrected chi connectivity index (χ1v) is 7.38. The number of carbonyl (C=O) groups excluding carboxylic acids is 1. The number of nitrogens with one attached hydrogen (secondary N) is 2. The monoisotopic (exact) mass is 312 g/mol. The van der Waals surface area contributed by atoms with E-state index in [0.717, 1.165) is 19.4 Å². The molecule has 2 N–H and O–H groups in total. The highest BCUT2D eigenvalue weighted by Gasteiger charge is 2.39. The Morgan fingerprint density at radius 3 is 2.57 bits per heavy atom.